The number of hydrogen-bond donors (Lipinski definition) is 1. The zero-order valence-electron chi connectivity index (χ0n) is 10.8. The van der Waals surface area contributed by atoms with Gasteiger partial charge in [0.05, 0.1) is 6.04 Å². The summed E-state index contributed by atoms with van der Waals surface area (Å²) in [5.41, 5.74) is 2.63. The van der Waals surface area contributed by atoms with Gasteiger partial charge in [0, 0.05) is 12.5 Å². The Bertz CT molecular complexity index is 511. The Morgan fingerprint density at radius 3 is 2.84 bits per heavy atom. The fourth-order valence-corrected chi connectivity index (χ4v) is 3.74. The van der Waals surface area contributed by atoms with Crippen molar-refractivity contribution < 1.29 is 9.53 Å². The van der Waals surface area contributed by atoms with E-state index >= 15 is 0 Å². The maximum absolute atomic E-state index is 12.2. The van der Waals surface area contributed by atoms with Gasteiger partial charge in [0.1, 0.15) is 6.10 Å². The molecule has 100 valence electrons. The smallest absolute Gasteiger partial charge is 0.411 e. The normalized spacial score (nSPS) is 30.1. The van der Waals surface area contributed by atoms with E-state index < -0.39 is 0 Å². The summed E-state index contributed by atoms with van der Waals surface area (Å²) >= 11 is 0. The topological polar surface area (TPSA) is 41.6 Å². The highest BCUT2D eigenvalue weighted by Crippen LogP contribution is 2.44. The summed E-state index contributed by atoms with van der Waals surface area (Å²) in [5.74, 6) is 0. The van der Waals surface area contributed by atoms with Gasteiger partial charge in [-0.05, 0) is 37.1 Å². The molecule has 0 saturated carbocycles. The van der Waals surface area contributed by atoms with E-state index in [0.717, 1.165) is 32.4 Å². The second kappa shape index (κ2) is 4.23. The molecule has 1 N–H and O–H groups in total. The number of nitrogens with one attached hydrogen (secondary N) is 1. The van der Waals surface area contributed by atoms with Crippen LogP contribution in [-0.4, -0.2) is 36.2 Å². The molecule has 0 aromatic heterocycles. The lowest BCUT2D eigenvalue weighted by Gasteiger charge is -2.33. The lowest BCUT2D eigenvalue weighted by atomic mass is 10.0. The summed E-state index contributed by atoms with van der Waals surface area (Å²) in [6.07, 6.45) is 2.84. The quantitative estimate of drug-likeness (QED) is 0.836. The number of carbonyl (C=O) groups excluding carboxylic acids is 1. The van der Waals surface area contributed by atoms with Gasteiger partial charge >= 0.3 is 6.09 Å². The number of nitrogens with zero attached hydrogens (tertiary/aromatic N) is 1. The summed E-state index contributed by atoms with van der Waals surface area (Å²) in [7, 11) is 0. The molecule has 1 aromatic carbocycles. The molecule has 1 amide bonds. The minimum absolute atomic E-state index is 0.0276. The van der Waals surface area contributed by atoms with E-state index in [1.807, 2.05) is 4.90 Å². The summed E-state index contributed by atoms with van der Waals surface area (Å²) in [6, 6.07) is 8.90. The minimum Gasteiger partial charge on any atom is -0.443 e. The van der Waals surface area contributed by atoms with Crippen molar-refractivity contribution in [3.8, 4) is 0 Å². The van der Waals surface area contributed by atoms with Crippen LogP contribution in [0.5, 0.6) is 0 Å². The van der Waals surface area contributed by atoms with E-state index in [-0.39, 0.29) is 18.2 Å². The van der Waals surface area contributed by atoms with Gasteiger partial charge in [0.15, 0.2) is 0 Å². The third kappa shape index (κ3) is 1.66. The van der Waals surface area contributed by atoms with E-state index in [1.54, 1.807) is 0 Å². The van der Waals surface area contributed by atoms with Crippen molar-refractivity contribution in [2.24, 2.45) is 0 Å². The highest BCUT2D eigenvalue weighted by atomic mass is 16.6. The molecule has 2 heterocycles. The maximum atomic E-state index is 12.2. The van der Waals surface area contributed by atoms with Crippen LogP contribution < -0.4 is 5.32 Å². The van der Waals surface area contributed by atoms with Gasteiger partial charge in [-0.1, -0.05) is 24.3 Å². The van der Waals surface area contributed by atoms with E-state index in [4.69, 9.17) is 4.74 Å². The number of piperidine rings is 1. The standard InChI is InChI=1S/C15H18N2O2/c18-15-17(11-5-7-16-8-6-11)14-12-4-2-1-3-10(12)9-13(14)19-15/h1-4,11,13-14,16H,5-9H2/t13-,14+/m0/s1. The number of rotatable bonds is 1. The van der Waals surface area contributed by atoms with Crippen LogP contribution in [-0.2, 0) is 11.2 Å². The third-order valence-corrected chi connectivity index (χ3v) is 4.61. The number of ether oxygens (including phenoxy) is 1. The fourth-order valence-electron chi connectivity index (χ4n) is 3.74. The monoisotopic (exact) mass is 258 g/mol. The zero-order chi connectivity index (χ0) is 12.8. The van der Waals surface area contributed by atoms with E-state index in [1.165, 1.54) is 11.1 Å². The first kappa shape index (κ1) is 11.3. The number of benzene rings is 1. The second-order valence-corrected chi connectivity index (χ2v) is 5.66. The molecule has 0 spiro atoms. The van der Waals surface area contributed by atoms with Gasteiger partial charge in [0.25, 0.3) is 0 Å². The molecule has 0 unspecified atom stereocenters. The molecule has 1 aliphatic carbocycles. The third-order valence-electron chi connectivity index (χ3n) is 4.61. The van der Waals surface area contributed by atoms with Gasteiger partial charge in [-0.15, -0.1) is 0 Å². The molecular formula is C15H18N2O2. The highest BCUT2D eigenvalue weighted by Gasteiger charge is 2.49. The molecular weight excluding hydrogens is 240 g/mol. The molecule has 2 saturated heterocycles. The van der Waals surface area contributed by atoms with Crippen molar-refractivity contribution in [1.82, 2.24) is 10.2 Å². The number of hydrogen-bond acceptors (Lipinski definition) is 3. The Hall–Kier alpha value is -1.55. The summed E-state index contributed by atoms with van der Waals surface area (Å²) < 4.78 is 5.60. The van der Waals surface area contributed by atoms with E-state index in [0.29, 0.717) is 6.04 Å². The van der Waals surface area contributed by atoms with Crippen molar-refractivity contribution in [3.05, 3.63) is 35.4 Å². The lowest BCUT2D eigenvalue weighted by Crippen LogP contribution is -2.44. The molecule has 0 radical (unpaired) electrons. The van der Waals surface area contributed by atoms with Gasteiger partial charge in [-0.2, -0.15) is 0 Å². The first-order valence-electron chi connectivity index (χ1n) is 7.12. The summed E-state index contributed by atoms with van der Waals surface area (Å²) in [6.45, 7) is 1.99. The van der Waals surface area contributed by atoms with Gasteiger partial charge in [0.2, 0.25) is 0 Å². The Balaban J connectivity index is 1.69. The van der Waals surface area contributed by atoms with Crippen LogP contribution >= 0.6 is 0 Å². The van der Waals surface area contributed by atoms with Crippen LogP contribution in [0.25, 0.3) is 0 Å². The first-order valence-corrected chi connectivity index (χ1v) is 7.12. The SMILES string of the molecule is O=C1O[C@H]2Cc3ccccc3[C@H]2N1C1CCNCC1. The Morgan fingerprint density at radius 2 is 2.00 bits per heavy atom. The average Bonchev–Trinajstić information content (AvgIpc) is 2.94. The average molecular weight is 258 g/mol. The van der Waals surface area contributed by atoms with E-state index in [2.05, 4.69) is 29.6 Å². The molecule has 4 nitrogen and oxygen atoms in total. The number of fused-ring (bicyclic) bond motifs is 3. The predicted octanol–water partition coefficient (Wildman–Crippen LogP) is 1.86. The van der Waals surface area contributed by atoms with Crippen LogP contribution in [0.4, 0.5) is 4.79 Å². The van der Waals surface area contributed by atoms with Gasteiger partial charge in [-0.25, -0.2) is 4.79 Å². The lowest BCUT2D eigenvalue weighted by molar-refractivity contribution is 0.124. The number of carbonyl (C=O) groups is 1. The summed E-state index contributed by atoms with van der Waals surface area (Å²) in [4.78, 5) is 14.2. The van der Waals surface area contributed by atoms with Crippen molar-refractivity contribution in [2.45, 2.75) is 37.5 Å². The van der Waals surface area contributed by atoms with Crippen LogP contribution in [0.3, 0.4) is 0 Å². The molecule has 1 aromatic rings. The zero-order valence-corrected chi connectivity index (χ0v) is 10.8. The van der Waals surface area contributed by atoms with E-state index in [9.17, 15) is 4.79 Å². The molecule has 2 fully saturated rings. The maximum Gasteiger partial charge on any atom is 0.411 e. The minimum atomic E-state index is -0.114. The van der Waals surface area contributed by atoms with Gasteiger partial charge < -0.3 is 10.1 Å². The molecule has 0 bridgehead atoms. The largest absolute Gasteiger partial charge is 0.443 e. The van der Waals surface area contributed by atoms with Crippen LogP contribution in [0, 0.1) is 0 Å². The molecule has 2 aliphatic heterocycles. The second-order valence-electron chi connectivity index (χ2n) is 5.66. The predicted molar refractivity (Wildman–Crippen MR) is 70.9 cm³/mol. The Morgan fingerprint density at radius 1 is 1.21 bits per heavy atom. The molecule has 2 atom stereocenters. The Kier molecular flexibility index (Phi) is 2.52. The highest BCUT2D eigenvalue weighted by molar-refractivity contribution is 5.72. The van der Waals surface area contributed by atoms with Crippen molar-refractivity contribution in [2.75, 3.05) is 13.1 Å². The molecule has 3 aliphatic rings. The fraction of sp³-hybridized carbons (Fsp3) is 0.533. The Labute approximate surface area is 112 Å². The first-order chi connectivity index (χ1) is 9.34. The van der Waals surface area contributed by atoms with Crippen LogP contribution in [0.1, 0.15) is 30.0 Å². The van der Waals surface area contributed by atoms with Gasteiger partial charge in [-0.3, -0.25) is 4.90 Å². The molecule has 4 heteroatoms. The van der Waals surface area contributed by atoms with Crippen molar-refractivity contribution >= 4 is 6.09 Å². The molecule has 4 rings (SSSR count). The van der Waals surface area contributed by atoms with Crippen molar-refractivity contribution in [1.29, 1.82) is 0 Å². The van der Waals surface area contributed by atoms with Crippen LogP contribution in [0.2, 0.25) is 0 Å². The number of amides is 1. The summed E-state index contributed by atoms with van der Waals surface area (Å²) in [5, 5.41) is 3.35. The molecule has 19 heavy (non-hydrogen) atoms. The van der Waals surface area contributed by atoms with Crippen molar-refractivity contribution in [3.63, 3.8) is 0 Å². The van der Waals surface area contributed by atoms with Crippen LogP contribution in [0.15, 0.2) is 24.3 Å².